The van der Waals surface area contributed by atoms with E-state index in [0.717, 1.165) is 0 Å². The summed E-state index contributed by atoms with van der Waals surface area (Å²) in [6.45, 7) is 0.158. The molecule has 0 saturated carbocycles. The Morgan fingerprint density at radius 2 is 1.90 bits per heavy atom. The number of amides is 2. The van der Waals surface area contributed by atoms with Crippen LogP contribution in [0.25, 0.3) is 0 Å². The molecule has 2 aromatic carbocycles. The van der Waals surface area contributed by atoms with Crippen molar-refractivity contribution in [3.8, 4) is 0 Å². The van der Waals surface area contributed by atoms with E-state index < -0.39 is 0 Å². The minimum Gasteiger partial charge on any atom is -0.343 e. The Hall–Kier alpha value is -2.69. The highest BCUT2D eigenvalue weighted by Gasteiger charge is 2.25. The van der Waals surface area contributed by atoms with Crippen LogP contribution in [-0.4, -0.2) is 18.4 Å². The Morgan fingerprint density at radius 3 is 2.71 bits per heavy atom. The maximum atomic E-state index is 13.3. The SMILES string of the molecule is O=C1NCC(=O)N(Cc2cccc(F)c2)c2ccccc21. The molecule has 106 valence electrons. The molecule has 21 heavy (non-hydrogen) atoms. The fraction of sp³-hybridized carbons (Fsp3) is 0.125. The summed E-state index contributed by atoms with van der Waals surface area (Å²) in [4.78, 5) is 25.7. The van der Waals surface area contributed by atoms with Gasteiger partial charge in [0, 0.05) is 0 Å². The molecule has 0 radical (unpaired) electrons. The molecule has 0 atom stereocenters. The lowest BCUT2D eigenvalue weighted by Gasteiger charge is -2.22. The van der Waals surface area contributed by atoms with Crippen molar-refractivity contribution in [2.24, 2.45) is 0 Å². The van der Waals surface area contributed by atoms with E-state index in [1.807, 2.05) is 0 Å². The second-order valence-corrected chi connectivity index (χ2v) is 4.81. The molecule has 0 aliphatic carbocycles. The smallest absolute Gasteiger partial charge is 0.253 e. The van der Waals surface area contributed by atoms with Crippen LogP contribution in [0.1, 0.15) is 15.9 Å². The van der Waals surface area contributed by atoms with E-state index in [1.165, 1.54) is 17.0 Å². The zero-order chi connectivity index (χ0) is 14.8. The number of halogens is 1. The van der Waals surface area contributed by atoms with E-state index in [1.54, 1.807) is 36.4 Å². The monoisotopic (exact) mass is 284 g/mol. The van der Waals surface area contributed by atoms with Gasteiger partial charge in [-0.05, 0) is 29.8 Å². The molecule has 0 aromatic heterocycles. The number of anilines is 1. The Labute approximate surface area is 121 Å². The van der Waals surface area contributed by atoms with Crippen LogP contribution in [0.2, 0.25) is 0 Å². The number of benzene rings is 2. The highest BCUT2D eigenvalue weighted by Crippen LogP contribution is 2.24. The number of rotatable bonds is 2. The maximum Gasteiger partial charge on any atom is 0.253 e. The van der Waals surface area contributed by atoms with Crippen LogP contribution < -0.4 is 10.2 Å². The molecule has 1 aliphatic heterocycles. The van der Waals surface area contributed by atoms with Crippen LogP contribution in [0.15, 0.2) is 48.5 Å². The third-order valence-electron chi connectivity index (χ3n) is 3.37. The second kappa shape index (κ2) is 5.36. The summed E-state index contributed by atoms with van der Waals surface area (Å²) < 4.78 is 13.3. The standard InChI is InChI=1S/C16H13FN2O2/c17-12-5-3-4-11(8-12)10-19-14-7-2-1-6-13(14)16(21)18-9-15(19)20/h1-8H,9-10H2,(H,18,21). The summed E-state index contributed by atoms with van der Waals surface area (Å²) in [7, 11) is 0. The number of hydrogen-bond donors (Lipinski definition) is 1. The zero-order valence-corrected chi connectivity index (χ0v) is 11.2. The molecule has 4 nitrogen and oxygen atoms in total. The van der Waals surface area contributed by atoms with Crippen LogP contribution in [0.5, 0.6) is 0 Å². The summed E-state index contributed by atoms with van der Waals surface area (Å²) >= 11 is 0. The van der Waals surface area contributed by atoms with Crippen molar-refractivity contribution in [2.45, 2.75) is 6.54 Å². The Balaban J connectivity index is 2.01. The molecule has 1 N–H and O–H groups in total. The van der Waals surface area contributed by atoms with E-state index in [4.69, 9.17) is 0 Å². The quantitative estimate of drug-likeness (QED) is 0.918. The van der Waals surface area contributed by atoms with Crippen LogP contribution in [0.4, 0.5) is 10.1 Å². The molecular formula is C16H13FN2O2. The van der Waals surface area contributed by atoms with E-state index in [2.05, 4.69) is 5.32 Å². The van der Waals surface area contributed by atoms with Crippen molar-refractivity contribution in [1.82, 2.24) is 5.32 Å². The molecule has 1 aliphatic rings. The third-order valence-corrected chi connectivity index (χ3v) is 3.37. The number of para-hydroxylation sites is 1. The van der Waals surface area contributed by atoms with Gasteiger partial charge in [0.25, 0.3) is 5.91 Å². The first-order chi connectivity index (χ1) is 10.1. The van der Waals surface area contributed by atoms with Crippen molar-refractivity contribution in [2.75, 3.05) is 11.4 Å². The van der Waals surface area contributed by atoms with E-state index in [0.29, 0.717) is 16.8 Å². The average Bonchev–Trinajstić information content (AvgIpc) is 2.60. The summed E-state index contributed by atoms with van der Waals surface area (Å²) in [6, 6.07) is 13.0. The van der Waals surface area contributed by atoms with E-state index in [-0.39, 0.29) is 30.7 Å². The number of carbonyl (C=O) groups is 2. The normalized spacial score (nSPS) is 14.4. The van der Waals surface area contributed by atoms with Gasteiger partial charge in [-0.1, -0.05) is 24.3 Å². The Kier molecular flexibility index (Phi) is 3.39. The highest BCUT2D eigenvalue weighted by atomic mass is 19.1. The molecule has 0 saturated heterocycles. The molecule has 1 heterocycles. The first-order valence-electron chi connectivity index (χ1n) is 6.57. The first-order valence-corrected chi connectivity index (χ1v) is 6.57. The lowest BCUT2D eigenvalue weighted by atomic mass is 10.1. The maximum absolute atomic E-state index is 13.3. The predicted octanol–water partition coefficient (Wildman–Crippen LogP) is 2.10. The summed E-state index contributed by atoms with van der Waals surface area (Å²) in [5.41, 5.74) is 1.66. The fourth-order valence-electron chi connectivity index (χ4n) is 2.37. The van der Waals surface area contributed by atoms with E-state index >= 15 is 0 Å². The molecule has 5 heteroatoms. The zero-order valence-electron chi connectivity index (χ0n) is 11.2. The van der Waals surface area contributed by atoms with Crippen LogP contribution in [0.3, 0.4) is 0 Å². The van der Waals surface area contributed by atoms with Crippen molar-refractivity contribution < 1.29 is 14.0 Å². The van der Waals surface area contributed by atoms with E-state index in [9.17, 15) is 14.0 Å². The minimum absolute atomic E-state index is 0.0666. The summed E-state index contributed by atoms with van der Waals surface area (Å²) in [6.07, 6.45) is 0. The molecule has 0 unspecified atom stereocenters. The number of carbonyl (C=O) groups excluding carboxylic acids is 2. The fourth-order valence-corrected chi connectivity index (χ4v) is 2.37. The van der Waals surface area contributed by atoms with Gasteiger partial charge in [-0.2, -0.15) is 0 Å². The molecule has 0 bridgehead atoms. The van der Waals surface area contributed by atoms with Crippen molar-refractivity contribution in [1.29, 1.82) is 0 Å². The van der Waals surface area contributed by atoms with Crippen molar-refractivity contribution >= 4 is 17.5 Å². The minimum atomic E-state index is -0.350. The first kappa shape index (κ1) is 13.3. The lowest BCUT2D eigenvalue weighted by molar-refractivity contribution is -0.117. The van der Waals surface area contributed by atoms with Gasteiger partial charge in [0.05, 0.1) is 24.3 Å². The van der Waals surface area contributed by atoms with Gasteiger partial charge in [0.1, 0.15) is 5.82 Å². The summed E-state index contributed by atoms with van der Waals surface area (Å²) in [5.74, 6) is -0.851. The molecular weight excluding hydrogens is 271 g/mol. The van der Waals surface area contributed by atoms with Crippen molar-refractivity contribution in [3.63, 3.8) is 0 Å². The molecule has 2 amide bonds. The predicted molar refractivity (Wildman–Crippen MR) is 76.4 cm³/mol. The van der Waals surface area contributed by atoms with Crippen LogP contribution in [-0.2, 0) is 11.3 Å². The van der Waals surface area contributed by atoms with Crippen molar-refractivity contribution in [3.05, 3.63) is 65.5 Å². The third kappa shape index (κ3) is 2.63. The molecule has 2 aromatic rings. The second-order valence-electron chi connectivity index (χ2n) is 4.81. The van der Waals surface area contributed by atoms with Gasteiger partial charge in [-0.3, -0.25) is 9.59 Å². The van der Waals surface area contributed by atoms with Gasteiger partial charge in [-0.25, -0.2) is 4.39 Å². The van der Waals surface area contributed by atoms with Gasteiger partial charge in [0.2, 0.25) is 5.91 Å². The van der Waals surface area contributed by atoms with Gasteiger partial charge in [-0.15, -0.1) is 0 Å². The van der Waals surface area contributed by atoms with Crippen LogP contribution in [0, 0.1) is 5.82 Å². The number of fused-ring (bicyclic) bond motifs is 1. The number of nitrogens with one attached hydrogen (secondary N) is 1. The molecule has 3 rings (SSSR count). The Bertz CT molecular complexity index is 715. The number of hydrogen-bond acceptors (Lipinski definition) is 2. The largest absolute Gasteiger partial charge is 0.343 e. The average molecular weight is 284 g/mol. The molecule has 0 fully saturated rings. The highest BCUT2D eigenvalue weighted by molar-refractivity contribution is 6.09. The lowest BCUT2D eigenvalue weighted by Crippen LogP contribution is -2.36. The van der Waals surface area contributed by atoms with Crippen LogP contribution >= 0.6 is 0 Å². The Morgan fingerprint density at radius 1 is 1.10 bits per heavy atom. The van der Waals surface area contributed by atoms with Gasteiger partial charge >= 0.3 is 0 Å². The van der Waals surface area contributed by atoms with Gasteiger partial charge in [0.15, 0.2) is 0 Å². The summed E-state index contributed by atoms with van der Waals surface area (Å²) in [5, 5.41) is 2.57. The topological polar surface area (TPSA) is 49.4 Å². The van der Waals surface area contributed by atoms with Gasteiger partial charge < -0.3 is 10.2 Å². The number of nitrogens with zero attached hydrogens (tertiary/aromatic N) is 1. The molecule has 0 spiro atoms.